The number of carbonyl (C=O) groups is 2. The van der Waals surface area contributed by atoms with E-state index >= 15 is 0 Å². The molecule has 1 aromatic rings. The minimum absolute atomic E-state index is 0.0249. The highest BCUT2D eigenvalue weighted by Crippen LogP contribution is 2.14. The lowest BCUT2D eigenvalue weighted by Crippen LogP contribution is -2.46. The highest BCUT2D eigenvalue weighted by molar-refractivity contribution is 5.99. The number of nitrogens with one attached hydrogen (secondary N) is 1. The third-order valence-electron chi connectivity index (χ3n) is 3.15. The maximum Gasteiger partial charge on any atom is 0.220 e. The van der Waals surface area contributed by atoms with E-state index in [9.17, 15) is 9.59 Å². The summed E-state index contributed by atoms with van der Waals surface area (Å²) >= 11 is 0. The van der Waals surface area contributed by atoms with Gasteiger partial charge in [-0.2, -0.15) is 0 Å². The number of aliphatic hydroxyl groups excluding tert-OH is 1. The molecule has 0 saturated carbocycles. The Labute approximate surface area is 120 Å². The van der Waals surface area contributed by atoms with Gasteiger partial charge in [-0.05, 0) is 39.3 Å². The van der Waals surface area contributed by atoms with Gasteiger partial charge >= 0.3 is 0 Å². The van der Waals surface area contributed by atoms with Crippen LogP contribution in [0.15, 0.2) is 18.2 Å². The fourth-order valence-electron chi connectivity index (χ4n) is 1.88. The molecule has 1 amide bonds. The molecule has 0 heterocycles. The Balaban J connectivity index is 2.60. The second kappa shape index (κ2) is 6.66. The molecule has 0 spiro atoms. The first kappa shape index (κ1) is 16.4. The average molecular weight is 277 g/mol. The lowest BCUT2D eigenvalue weighted by Gasteiger charge is -2.23. The average Bonchev–Trinajstić information content (AvgIpc) is 2.38. The monoisotopic (exact) mass is 277 g/mol. The van der Waals surface area contributed by atoms with E-state index < -0.39 is 5.54 Å². The molecule has 0 radical (unpaired) electrons. The first-order valence-electron chi connectivity index (χ1n) is 6.77. The van der Waals surface area contributed by atoms with Crippen molar-refractivity contribution in [2.45, 2.75) is 46.1 Å². The molecule has 0 aliphatic carbocycles. The van der Waals surface area contributed by atoms with Crippen LogP contribution >= 0.6 is 0 Å². The van der Waals surface area contributed by atoms with Crippen molar-refractivity contribution in [1.82, 2.24) is 5.32 Å². The molecule has 4 nitrogen and oxygen atoms in total. The zero-order chi connectivity index (χ0) is 15.3. The molecule has 0 saturated heterocycles. The first-order chi connectivity index (χ1) is 9.25. The van der Waals surface area contributed by atoms with E-state index in [1.807, 2.05) is 32.0 Å². The van der Waals surface area contributed by atoms with Gasteiger partial charge in [0, 0.05) is 18.4 Å². The van der Waals surface area contributed by atoms with Crippen molar-refractivity contribution >= 4 is 11.7 Å². The second-order valence-electron chi connectivity index (χ2n) is 5.83. The van der Waals surface area contributed by atoms with Crippen molar-refractivity contribution in [3.05, 3.63) is 34.9 Å². The predicted octanol–water partition coefficient (Wildman–Crippen LogP) is 2.15. The number of Topliss-reactive ketones (excluding diaryl/α,β-unsaturated/α-hetero) is 1. The van der Waals surface area contributed by atoms with Crippen molar-refractivity contribution < 1.29 is 14.7 Å². The highest BCUT2D eigenvalue weighted by Gasteiger charge is 2.19. The van der Waals surface area contributed by atoms with Gasteiger partial charge in [0.25, 0.3) is 0 Å². The fraction of sp³-hybridized carbons (Fsp3) is 0.500. The molecule has 1 rings (SSSR count). The standard InChI is InChI=1S/C16H23NO3/c1-11-5-6-12(2)13(9-11)14(19)7-8-15(20)17-16(3,4)10-18/h5-6,9,18H,7-8,10H2,1-4H3,(H,17,20). The maximum atomic E-state index is 12.1. The number of benzene rings is 1. The van der Waals surface area contributed by atoms with Crippen LogP contribution in [-0.2, 0) is 4.79 Å². The van der Waals surface area contributed by atoms with Crippen LogP contribution < -0.4 is 5.32 Å². The molecule has 20 heavy (non-hydrogen) atoms. The summed E-state index contributed by atoms with van der Waals surface area (Å²) in [5, 5.41) is 11.8. The summed E-state index contributed by atoms with van der Waals surface area (Å²) in [6.07, 6.45) is 0.313. The van der Waals surface area contributed by atoms with E-state index in [1.54, 1.807) is 13.8 Å². The van der Waals surface area contributed by atoms with Crippen LogP contribution in [0.5, 0.6) is 0 Å². The third-order valence-corrected chi connectivity index (χ3v) is 3.15. The fourth-order valence-corrected chi connectivity index (χ4v) is 1.88. The molecule has 4 heteroatoms. The molecule has 0 atom stereocenters. The van der Waals surface area contributed by atoms with Crippen LogP contribution in [0.1, 0.15) is 48.2 Å². The predicted molar refractivity (Wildman–Crippen MR) is 78.8 cm³/mol. The number of aryl methyl sites for hydroxylation is 2. The Morgan fingerprint density at radius 3 is 2.45 bits per heavy atom. The number of aliphatic hydroxyl groups is 1. The molecule has 110 valence electrons. The van der Waals surface area contributed by atoms with E-state index in [2.05, 4.69) is 5.32 Å². The summed E-state index contributed by atoms with van der Waals surface area (Å²) in [4.78, 5) is 23.9. The summed E-state index contributed by atoms with van der Waals surface area (Å²) in [5.41, 5.74) is 1.99. The van der Waals surface area contributed by atoms with Crippen LogP contribution in [0.4, 0.5) is 0 Å². The molecule has 0 aliphatic rings. The summed E-state index contributed by atoms with van der Waals surface area (Å²) in [6.45, 7) is 7.16. The van der Waals surface area contributed by atoms with Crippen molar-refractivity contribution in [2.75, 3.05) is 6.61 Å². The topological polar surface area (TPSA) is 66.4 Å². The molecular formula is C16H23NO3. The van der Waals surface area contributed by atoms with Gasteiger partial charge in [0.15, 0.2) is 5.78 Å². The number of hydrogen-bond donors (Lipinski definition) is 2. The molecule has 1 aromatic carbocycles. The minimum atomic E-state index is -0.653. The van der Waals surface area contributed by atoms with Crippen LogP contribution in [0, 0.1) is 13.8 Å². The normalized spacial score (nSPS) is 11.2. The van der Waals surface area contributed by atoms with Crippen LogP contribution in [-0.4, -0.2) is 28.9 Å². The van der Waals surface area contributed by atoms with E-state index in [4.69, 9.17) is 5.11 Å². The number of hydrogen-bond acceptors (Lipinski definition) is 3. The maximum absolute atomic E-state index is 12.1. The molecule has 0 aliphatic heterocycles. The van der Waals surface area contributed by atoms with Gasteiger partial charge in [0.05, 0.1) is 12.1 Å². The molecule has 0 fully saturated rings. The van der Waals surface area contributed by atoms with Gasteiger partial charge in [-0.1, -0.05) is 17.7 Å². The summed E-state index contributed by atoms with van der Waals surface area (Å²) in [5.74, 6) is -0.245. The summed E-state index contributed by atoms with van der Waals surface area (Å²) in [7, 11) is 0. The Morgan fingerprint density at radius 1 is 1.20 bits per heavy atom. The first-order valence-corrected chi connectivity index (χ1v) is 6.77. The SMILES string of the molecule is Cc1ccc(C)c(C(=O)CCC(=O)NC(C)(C)CO)c1. The van der Waals surface area contributed by atoms with Crippen molar-refractivity contribution in [3.8, 4) is 0 Å². The molecule has 0 unspecified atom stereocenters. The van der Waals surface area contributed by atoms with E-state index in [-0.39, 0.29) is 31.1 Å². The zero-order valence-corrected chi connectivity index (χ0v) is 12.6. The van der Waals surface area contributed by atoms with Gasteiger partial charge < -0.3 is 10.4 Å². The number of amides is 1. The molecule has 2 N–H and O–H groups in total. The van der Waals surface area contributed by atoms with Gasteiger partial charge in [-0.25, -0.2) is 0 Å². The third kappa shape index (κ3) is 4.78. The smallest absolute Gasteiger partial charge is 0.220 e. The zero-order valence-electron chi connectivity index (χ0n) is 12.6. The number of carbonyl (C=O) groups excluding carboxylic acids is 2. The van der Waals surface area contributed by atoms with Crippen LogP contribution in [0.3, 0.4) is 0 Å². The highest BCUT2D eigenvalue weighted by atomic mass is 16.3. The Morgan fingerprint density at radius 2 is 1.85 bits per heavy atom. The van der Waals surface area contributed by atoms with E-state index in [0.29, 0.717) is 5.56 Å². The second-order valence-corrected chi connectivity index (χ2v) is 5.83. The van der Waals surface area contributed by atoms with Gasteiger partial charge in [0.1, 0.15) is 0 Å². The summed E-state index contributed by atoms with van der Waals surface area (Å²) in [6, 6.07) is 5.73. The van der Waals surface area contributed by atoms with E-state index in [0.717, 1.165) is 11.1 Å². The molecule has 0 bridgehead atoms. The lowest BCUT2D eigenvalue weighted by molar-refractivity contribution is -0.123. The van der Waals surface area contributed by atoms with Gasteiger partial charge in [0.2, 0.25) is 5.91 Å². The van der Waals surface area contributed by atoms with Crippen molar-refractivity contribution in [2.24, 2.45) is 0 Å². The largest absolute Gasteiger partial charge is 0.394 e. The quantitative estimate of drug-likeness (QED) is 0.783. The molecule has 0 aromatic heterocycles. The number of rotatable bonds is 6. The van der Waals surface area contributed by atoms with Crippen molar-refractivity contribution in [1.29, 1.82) is 0 Å². The Bertz CT molecular complexity index is 506. The van der Waals surface area contributed by atoms with E-state index in [1.165, 1.54) is 0 Å². The van der Waals surface area contributed by atoms with Crippen LogP contribution in [0.2, 0.25) is 0 Å². The van der Waals surface area contributed by atoms with Gasteiger partial charge in [-0.3, -0.25) is 9.59 Å². The molecular weight excluding hydrogens is 254 g/mol. The Kier molecular flexibility index (Phi) is 5.45. The summed E-state index contributed by atoms with van der Waals surface area (Å²) < 4.78 is 0. The minimum Gasteiger partial charge on any atom is -0.394 e. The van der Waals surface area contributed by atoms with Crippen LogP contribution in [0.25, 0.3) is 0 Å². The number of ketones is 1. The van der Waals surface area contributed by atoms with Crippen molar-refractivity contribution in [3.63, 3.8) is 0 Å². The Hall–Kier alpha value is -1.68. The lowest BCUT2D eigenvalue weighted by atomic mass is 9.99. The van der Waals surface area contributed by atoms with Gasteiger partial charge in [-0.15, -0.1) is 0 Å².